The van der Waals surface area contributed by atoms with Crippen LogP contribution in [0.1, 0.15) is 34.1 Å². The minimum Gasteiger partial charge on any atom is -0.299 e. The summed E-state index contributed by atoms with van der Waals surface area (Å²) in [7, 11) is 0. The molecule has 0 aliphatic carbocycles. The molecule has 4 heteroatoms. The Hall–Kier alpha value is -2.15. The van der Waals surface area contributed by atoms with Crippen molar-refractivity contribution in [3.8, 4) is 6.07 Å². The van der Waals surface area contributed by atoms with Gasteiger partial charge in [-0.1, -0.05) is 32.9 Å². The molecule has 0 unspecified atom stereocenters. The topological polar surface area (TPSA) is 56.5 Å². The summed E-state index contributed by atoms with van der Waals surface area (Å²) in [5, 5.41) is 14.4. The zero-order chi connectivity index (χ0) is 14.9. The molecule has 19 heavy (non-hydrogen) atoms. The fraction of sp³-hybridized carbons (Fsp3) is 0.400. The molecule has 0 saturated heterocycles. The number of nitriles is 1. The minimum atomic E-state index is 0.549. The third-order valence-corrected chi connectivity index (χ3v) is 1.85. The summed E-state index contributed by atoms with van der Waals surface area (Å²) in [5.41, 5.74) is 0.732. The van der Waals surface area contributed by atoms with Crippen LogP contribution in [-0.2, 0) is 4.79 Å². The van der Waals surface area contributed by atoms with Crippen molar-refractivity contribution in [2.75, 3.05) is 6.54 Å². The van der Waals surface area contributed by atoms with Gasteiger partial charge in [-0.05, 0) is 25.5 Å². The Morgan fingerprint density at radius 2 is 2.05 bits per heavy atom. The van der Waals surface area contributed by atoms with Gasteiger partial charge in [-0.2, -0.15) is 10.4 Å². The molecule has 0 aliphatic rings. The van der Waals surface area contributed by atoms with Crippen LogP contribution in [0.2, 0.25) is 0 Å². The lowest BCUT2D eigenvalue weighted by Crippen LogP contribution is -2.09. The van der Waals surface area contributed by atoms with Crippen LogP contribution >= 0.6 is 0 Å². The van der Waals surface area contributed by atoms with Crippen molar-refractivity contribution in [2.24, 2.45) is 5.10 Å². The monoisotopic (exact) mass is 261 g/mol. The molecule has 0 aromatic rings. The molecule has 0 aromatic carbocycles. The molecule has 4 nitrogen and oxygen atoms in total. The molecule has 0 amide bonds. The molecule has 0 aromatic heterocycles. The van der Waals surface area contributed by atoms with Gasteiger partial charge in [0.15, 0.2) is 0 Å². The molecule has 0 heterocycles. The second-order valence-electron chi connectivity index (χ2n) is 3.06. The van der Waals surface area contributed by atoms with Crippen LogP contribution in [0.5, 0.6) is 0 Å². The van der Waals surface area contributed by atoms with Gasteiger partial charge in [-0.25, -0.2) is 0 Å². The number of nitrogens with zero attached hydrogens (tertiary/aromatic N) is 3. The summed E-state index contributed by atoms with van der Waals surface area (Å²) in [5.74, 6) is 0. The number of rotatable bonds is 7. The number of allylic oxidation sites excluding steroid dienone is 4. The van der Waals surface area contributed by atoms with E-state index >= 15 is 0 Å². The van der Waals surface area contributed by atoms with Crippen molar-refractivity contribution in [2.45, 2.75) is 34.1 Å². The Balaban J connectivity index is 0. The molecule has 0 saturated carbocycles. The van der Waals surface area contributed by atoms with Crippen LogP contribution in [0.15, 0.2) is 41.2 Å². The minimum absolute atomic E-state index is 0.549. The Morgan fingerprint density at radius 1 is 1.37 bits per heavy atom. The molecule has 0 bridgehead atoms. The van der Waals surface area contributed by atoms with Crippen LogP contribution in [0.25, 0.3) is 0 Å². The SMILES string of the molecule is C/C=N/N(/C=C\C=O)C/C=C\C=C(\C#N)CC.CC. The van der Waals surface area contributed by atoms with Crippen molar-refractivity contribution in [3.63, 3.8) is 0 Å². The Kier molecular flexibility index (Phi) is 16.0. The summed E-state index contributed by atoms with van der Waals surface area (Å²) in [6.45, 7) is 8.28. The fourth-order valence-corrected chi connectivity index (χ4v) is 1.02. The van der Waals surface area contributed by atoms with E-state index in [1.165, 1.54) is 6.08 Å². The first kappa shape index (κ1) is 19.2. The maximum atomic E-state index is 10.2. The fourth-order valence-electron chi connectivity index (χ4n) is 1.02. The summed E-state index contributed by atoms with van der Waals surface area (Å²) >= 11 is 0. The second-order valence-corrected chi connectivity index (χ2v) is 3.06. The number of hydrazone groups is 1. The Morgan fingerprint density at radius 3 is 2.53 bits per heavy atom. The van der Waals surface area contributed by atoms with Gasteiger partial charge in [-0.3, -0.25) is 9.80 Å². The van der Waals surface area contributed by atoms with E-state index in [2.05, 4.69) is 11.2 Å². The van der Waals surface area contributed by atoms with Crippen LogP contribution in [-0.4, -0.2) is 24.1 Å². The normalized spacial score (nSPS) is 11.4. The highest BCUT2D eigenvalue weighted by molar-refractivity contribution is 5.64. The zero-order valence-corrected chi connectivity index (χ0v) is 12.2. The van der Waals surface area contributed by atoms with E-state index in [0.29, 0.717) is 12.8 Å². The van der Waals surface area contributed by atoms with E-state index < -0.39 is 0 Å². The Labute approximate surface area is 116 Å². The van der Waals surface area contributed by atoms with Gasteiger partial charge in [0, 0.05) is 18.0 Å². The van der Waals surface area contributed by atoms with Gasteiger partial charge >= 0.3 is 0 Å². The van der Waals surface area contributed by atoms with Crippen molar-refractivity contribution in [1.82, 2.24) is 5.01 Å². The molecule has 104 valence electrons. The highest BCUT2D eigenvalue weighted by Crippen LogP contribution is 1.98. The predicted octanol–water partition coefficient (Wildman–Crippen LogP) is 3.45. The molecule has 0 radical (unpaired) electrons. The molecule has 0 atom stereocenters. The Bertz CT molecular complexity index is 373. The highest BCUT2D eigenvalue weighted by Gasteiger charge is 1.90. The van der Waals surface area contributed by atoms with E-state index in [4.69, 9.17) is 5.26 Å². The zero-order valence-electron chi connectivity index (χ0n) is 12.2. The molecular formula is C15H23N3O. The highest BCUT2D eigenvalue weighted by atomic mass is 16.1. The van der Waals surface area contributed by atoms with Gasteiger partial charge in [0.2, 0.25) is 0 Å². The number of carbonyl (C=O) groups is 1. The van der Waals surface area contributed by atoms with E-state index in [0.717, 1.165) is 12.0 Å². The van der Waals surface area contributed by atoms with Crippen LogP contribution in [0.4, 0.5) is 0 Å². The van der Waals surface area contributed by atoms with Crippen molar-refractivity contribution >= 4 is 12.5 Å². The molecule has 0 spiro atoms. The predicted molar refractivity (Wildman–Crippen MR) is 80.6 cm³/mol. The van der Waals surface area contributed by atoms with Gasteiger partial charge in [0.05, 0.1) is 12.6 Å². The van der Waals surface area contributed by atoms with E-state index in [1.54, 1.807) is 30.4 Å². The lowest BCUT2D eigenvalue weighted by atomic mass is 10.2. The number of hydrogen-bond acceptors (Lipinski definition) is 4. The first-order valence-corrected chi connectivity index (χ1v) is 6.41. The number of aldehydes is 1. The summed E-state index contributed by atoms with van der Waals surface area (Å²) < 4.78 is 0. The van der Waals surface area contributed by atoms with Crippen molar-refractivity contribution in [1.29, 1.82) is 5.26 Å². The first-order valence-electron chi connectivity index (χ1n) is 6.41. The molecule has 0 N–H and O–H groups in total. The molecular weight excluding hydrogens is 238 g/mol. The summed E-state index contributed by atoms with van der Waals surface area (Å²) in [6.07, 6.45) is 11.5. The van der Waals surface area contributed by atoms with Crippen molar-refractivity contribution in [3.05, 3.63) is 36.1 Å². The average molecular weight is 261 g/mol. The molecule has 0 aliphatic heterocycles. The second kappa shape index (κ2) is 15.9. The third-order valence-electron chi connectivity index (χ3n) is 1.85. The van der Waals surface area contributed by atoms with E-state index in [1.807, 2.05) is 32.9 Å². The smallest absolute Gasteiger partial charge is 0.144 e. The first-order chi connectivity index (χ1) is 9.28. The maximum Gasteiger partial charge on any atom is 0.144 e. The summed E-state index contributed by atoms with van der Waals surface area (Å²) in [4.78, 5) is 10.2. The number of hydrogen-bond donors (Lipinski definition) is 0. The maximum absolute atomic E-state index is 10.2. The van der Waals surface area contributed by atoms with Gasteiger partial charge < -0.3 is 0 Å². The van der Waals surface area contributed by atoms with E-state index in [-0.39, 0.29) is 0 Å². The lowest BCUT2D eigenvalue weighted by Gasteiger charge is -2.09. The van der Waals surface area contributed by atoms with Gasteiger partial charge in [-0.15, -0.1) is 0 Å². The largest absolute Gasteiger partial charge is 0.299 e. The van der Waals surface area contributed by atoms with Crippen LogP contribution in [0, 0.1) is 11.3 Å². The van der Waals surface area contributed by atoms with Crippen LogP contribution < -0.4 is 0 Å². The summed E-state index contributed by atoms with van der Waals surface area (Å²) in [6, 6.07) is 2.11. The quantitative estimate of drug-likeness (QED) is 0.176. The third kappa shape index (κ3) is 12.1. The van der Waals surface area contributed by atoms with Crippen molar-refractivity contribution < 1.29 is 4.79 Å². The van der Waals surface area contributed by atoms with E-state index in [9.17, 15) is 4.79 Å². The average Bonchev–Trinajstić information content (AvgIpc) is 2.47. The number of carbonyl (C=O) groups excluding carboxylic acids is 1. The van der Waals surface area contributed by atoms with Gasteiger partial charge in [0.1, 0.15) is 6.29 Å². The van der Waals surface area contributed by atoms with Gasteiger partial charge in [0.25, 0.3) is 0 Å². The lowest BCUT2D eigenvalue weighted by molar-refractivity contribution is -0.104. The standard InChI is InChI=1S/C13H17N3O.C2H6/c1-3-13(12-14)8-5-6-9-16(15-4-2)10-7-11-17;1-2/h4-8,10-11H,3,9H2,1-2H3;1-2H3/b6-5-,10-7-,13-8+,15-4+;. The van der Waals surface area contributed by atoms with Crippen LogP contribution in [0.3, 0.4) is 0 Å². The molecule has 0 fully saturated rings. The molecule has 0 rings (SSSR count).